The molecule has 0 fully saturated rings. The number of hydrogen-bond acceptors (Lipinski definition) is 5. The molecule has 1 amide bonds. The molecule has 0 aliphatic heterocycles. The third-order valence-electron chi connectivity index (χ3n) is 3.18. The Labute approximate surface area is 128 Å². The van der Waals surface area contributed by atoms with Crippen LogP contribution in [0, 0.1) is 5.92 Å². The molecule has 21 heavy (non-hydrogen) atoms. The van der Waals surface area contributed by atoms with E-state index < -0.39 is 5.60 Å². The fraction of sp³-hybridized carbons (Fsp3) is 0.867. The van der Waals surface area contributed by atoms with E-state index in [0.29, 0.717) is 13.1 Å². The maximum Gasteiger partial charge on any atom is 0.410 e. The Kier molecular flexibility index (Phi) is 8.32. The highest BCUT2D eigenvalue weighted by Gasteiger charge is 2.25. The predicted octanol–water partition coefficient (Wildman–Crippen LogP) is 2.03. The largest absolute Gasteiger partial charge is 0.468 e. The summed E-state index contributed by atoms with van der Waals surface area (Å²) in [5.41, 5.74) is -0.510. The van der Waals surface area contributed by atoms with Gasteiger partial charge in [0.1, 0.15) is 11.6 Å². The second-order valence-electron chi connectivity index (χ2n) is 6.24. The molecule has 0 saturated carbocycles. The average Bonchev–Trinajstić information content (AvgIpc) is 2.39. The smallest absolute Gasteiger partial charge is 0.410 e. The highest BCUT2D eigenvalue weighted by molar-refractivity contribution is 5.76. The third-order valence-corrected chi connectivity index (χ3v) is 3.18. The lowest BCUT2D eigenvalue weighted by molar-refractivity contribution is -0.144. The van der Waals surface area contributed by atoms with Crippen LogP contribution in [0.5, 0.6) is 0 Å². The molecule has 6 nitrogen and oxygen atoms in total. The number of hydrogen-bond donors (Lipinski definition) is 1. The van der Waals surface area contributed by atoms with E-state index in [-0.39, 0.29) is 24.0 Å². The van der Waals surface area contributed by atoms with Gasteiger partial charge in [-0.05, 0) is 26.7 Å². The zero-order valence-corrected chi connectivity index (χ0v) is 14.4. The van der Waals surface area contributed by atoms with Crippen LogP contribution >= 0.6 is 0 Å². The lowest BCUT2D eigenvalue weighted by atomic mass is 9.99. The van der Waals surface area contributed by atoms with Crippen LogP contribution in [0.25, 0.3) is 0 Å². The molecule has 0 radical (unpaired) electrons. The minimum Gasteiger partial charge on any atom is -0.468 e. The number of carbonyl (C=O) groups excluding carboxylic acids is 2. The van der Waals surface area contributed by atoms with E-state index in [1.807, 2.05) is 34.6 Å². The van der Waals surface area contributed by atoms with E-state index >= 15 is 0 Å². The molecule has 0 rings (SSSR count). The van der Waals surface area contributed by atoms with E-state index in [2.05, 4.69) is 5.32 Å². The van der Waals surface area contributed by atoms with Gasteiger partial charge in [-0.1, -0.05) is 20.3 Å². The van der Waals surface area contributed by atoms with Gasteiger partial charge in [-0.2, -0.15) is 0 Å². The summed E-state index contributed by atoms with van der Waals surface area (Å²) in [6.07, 6.45) is 0.497. The SMILES string of the molecule is CC[C@H](C)[C@H](NCCN(C)C(=O)OC(C)(C)C)C(=O)OC. The first-order valence-electron chi connectivity index (χ1n) is 7.37. The van der Waals surface area contributed by atoms with Crippen molar-refractivity contribution >= 4 is 12.1 Å². The van der Waals surface area contributed by atoms with Gasteiger partial charge in [-0.15, -0.1) is 0 Å². The minimum atomic E-state index is -0.510. The molecule has 0 aromatic rings. The third kappa shape index (κ3) is 7.90. The number of likely N-dealkylation sites (N-methyl/N-ethyl adjacent to an activating group) is 1. The molecular weight excluding hydrogens is 272 g/mol. The highest BCUT2D eigenvalue weighted by atomic mass is 16.6. The standard InChI is InChI=1S/C15H30N2O4/c1-8-11(2)12(13(18)20-7)16-9-10-17(6)14(19)21-15(3,4)5/h11-12,16H,8-10H2,1-7H3/t11-,12-/m0/s1. The first kappa shape index (κ1) is 19.7. The van der Waals surface area contributed by atoms with Gasteiger partial charge >= 0.3 is 12.1 Å². The van der Waals surface area contributed by atoms with Crippen LogP contribution in [0.1, 0.15) is 41.0 Å². The summed E-state index contributed by atoms with van der Waals surface area (Å²) in [4.78, 5) is 25.0. The van der Waals surface area contributed by atoms with E-state index in [0.717, 1.165) is 6.42 Å². The van der Waals surface area contributed by atoms with E-state index in [1.165, 1.54) is 12.0 Å². The lowest BCUT2D eigenvalue weighted by Gasteiger charge is -2.26. The number of esters is 1. The molecule has 124 valence electrons. The fourth-order valence-corrected chi connectivity index (χ4v) is 1.70. The molecule has 0 aromatic carbocycles. The van der Waals surface area contributed by atoms with Crippen LogP contribution in [0.15, 0.2) is 0 Å². The van der Waals surface area contributed by atoms with Crippen molar-refractivity contribution in [3.63, 3.8) is 0 Å². The van der Waals surface area contributed by atoms with Crippen LogP contribution in [0.2, 0.25) is 0 Å². The Morgan fingerprint density at radius 1 is 1.29 bits per heavy atom. The van der Waals surface area contributed by atoms with Gasteiger partial charge in [0.05, 0.1) is 7.11 Å². The van der Waals surface area contributed by atoms with Gasteiger partial charge in [0.15, 0.2) is 0 Å². The molecule has 1 N–H and O–H groups in total. The molecule has 0 unspecified atom stereocenters. The Morgan fingerprint density at radius 2 is 1.86 bits per heavy atom. The molecule has 0 aliphatic carbocycles. The Morgan fingerprint density at radius 3 is 2.29 bits per heavy atom. The number of amides is 1. The summed E-state index contributed by atoms with van der Waals surface area (Å²) in [6, 6.07) is -0.355. The van der Waals surface area contributed by atoms with Gasteiger partial charge in [0.25, 0.3) is 0 Å². The van der Waals surface area contributed by atoms with Crippen LogP contribution in [0.3, 0.4) is 0 Å². The van der Waals surface area contributed by atoms with Crippen molar-refractivity contribution in [3.05, 3.63) is 0 Å². The summed E-state index contributed by atoms with van der Waals surface area (Å²) >= 11 is 0. The van der Waals surface area contributed by atoms with Crippen molar-refractivity contribution in [2.75, 3.05) is 27.2 Å². The van der Waals surface area contributed by atoms with Crippen LogP contribution in [-0.4, -0.2) is 55.9 Å². The topological polar surface area (TPSA) is 67.9 Å². The van der Waals surface area contributed by atoms with Crippen molar-refractivity contribution in [2.45, 2.75) is 52.7 Å². The molecule has 6 heteroatoms. The van der Waals surface area contributed by atoms with E-state index in [9.17, 15) is 9.59 Å². The van der Waals surface area contributed by atoms with Gasteiger partial charge in [0.2, 0.25) is 0 Å². The summed E-state index contributed by atoms with van der Waals surface area (Å²) < 4.78 is 10.1. The summed E-state index contributed by atoms with van der Waals surface area (Å²) in [7, 11) is 3.05. The number of ether oxygens (including phenoxy) is 2. The maximum absolute atomic E-state index is 11.8. The molecule has 0 aliphatic rings. The second-order valence-corrected chi connectivity index (χ2v) is 6.24. The van der Waals surface area contributed by atoms with Gasteiger partial charge in [-0.3, -0.25) is 4.79 Å². The van der Waals surface area contributed by atoms with Crippen LogP contribution in [-0.2, 0) is 14.3 Å². The maximum atomic E-state index is 11.8. The number of rotatable bonds is 7. The van der Waals surface area contributed by atoms with E-state index in [4.69, 9.17) is 9.47 Å². The molecular formula is C15H30N2O4. The number of methoxy groups -OCH3 is 1. The zero-order valence-electron chi connectivity index (χ0n) is 14.4. The van der Waals surface area contributed by atoms with Gasteiger partial charge < -0.3 is 19.7 Å². The monoisotopic (exact) mass is 302 g/mol. The number of carbonyl (C=O) groups is 2. The average molecular weight is 302 g/mol. The lowest BCUT2D eigenvalue weighted by Crippen LogP contribution is -2.46. The predicted molar refractivity (Wildman–Crippen MR) is 82.1 cm³/mol. The summed E-state index contributed by atoms with van der Waals surface area (Å²) in [6.45, 7) is 10.5. The van der Waals surface area contributed by atoms with Crippen molar-refractivity contribution in [3.8, 4) is 0 Å². The van der Waals surface area contributed by atoms with Crippen LogP contribution in [0.4, 0.5) is 4.79 Å². The molecule has 2 atom stereocenters. The second kappa shape index (κ2) is 8.87. The fourth-order valence-electron chi connectivity index (χ4n) is 1.70. The molecule has 0 saturated heterocycles. The van der Waals surface area contributed by atoms with Crippen molar-refractivity contribution in [2.24, 2.45) is 5.92 Å². The molecule has 0 aromatic heterocycles. The normalized spacial score (nSPS) is 14.2. The highest BCUT2D eigenvalue weighted by Crippen LogP contribution is 2.10. The number of nitrogens with one attached hydrogen (secondary N) is 1. The molecule has 0 bridgehead atoms. The first-order chi connectivity index (χ1) is 9.62. The van der Waals surface area contributed by atoms with Gasteiger partial charge in [0, 0.05) is 20.1 Å². The number of nitrogens with zero attached hydrogens (tertiary/aromatic N) is 1. The molecule has 0 spiro atoms. The van der Waals surface area contributed by atoms with Crippen molar-refractivity contribution < 1.29 is 19.1 Å². The van der Waals surface area contributed by atoms with Crippen molar-refractivity contribution in [1.82, 2.24) is 10.2 Å². The van der Waals surface area contributed by atoms with E-state index in [1.54, 1.807) is 7.05 Å². The Balaban J connectivity index is 4.31. The van der Waals surface area contributed by atoms with Crippen LogP contribution < -0.4 is 5.32 Å². The van der Waals surface area contributed by atoms with Gasteiger partial charge in [-0.25, -0.2) is 4.79 Å². The quantitative estimate of drug-likeness (QED) is 0.729. The Hall–Kier alpha value is -1.30. The van der Waals surface area contributed by atoms with Crippen molar-refractivity contribution in [1.29, 1.82) is 0 Å². The molecule has 0 heterocycles. The summed E-state index contributed by atoms with van der Waals surface area (Å²) in [5.74, 6) is -0.103. The first-order valence-corrected chi connectivity index (χ1v) is 7.37. The minimum absolute atomic E-state index is 0.171. The zero-order chi connectivity index (χ0) is 16.6. The summed E-state index contributed by atoms with van der Waals surface area (Å²) in [5, 5.41) is 3.15. The Bertz CT molecular complexity index is 339.